The van der Waals surface area contributed by atoms with Crippen LogP contribution >= 0.6 is 0 Å². The third kappa shape index (κ3) is 3.80. The van der Waals surface area contributed by atoms with E-state index in [1.807, 2.05) is 12.1 Å². The standard InChI is InChI=1S/C16H22N2O3/c1-16(2,3)10-18(11-6-5-7-17-9-11)14(19)12-8-13(12)15(20)21-4/h5-7,9,12-13H,8,10H2,1-4H3/t12-,13-/m1/s1. The van der Waals surface area contributed by atoms with Crippen molar-refractivity contribution in [2.24, 2.45) is 17.3 Å². The molecule has 0 aliphatic heterocycles. The summed E-state index contributed by atoms with van der Waals surface area (Å²) >= 11 is 0. The summed E-state index contributed by atoms with van der Waals surface area (Å²) in [5, 5.41) is 0. The van der Waals surface area contributed by atoms with Gasteiger partial charge < -0.3 is 9.64 Å². The van der Waals surface area contributed by atoms with Crippen molar-refractivity contribution in [2.45, 2.75) is 27.2 Å². The summed E-state index contributed by atoms with van der Waals surface area (Å²) in [6.45, 7) is 6.82. The molecule has 1 saturated carbocycles. The van der Waals surface area contributed by atoms with Crippen LogP contribution in [0.2, 0.25) is 0 Å². The molecule has 1 fully saturated rings. The number of aromatic nitrogens is 1. The Morgan fingerprint density at radius 3 is 2.62 bits per heavy atom. The van der Waals surface area contributed by atoms with Gasteiger partial charge in [-0.1, -0.05) is 20.8 Å². The van der Waals surface area contributed by atoms with Crippen LogP contribution < -0.4 is 4.90 Å². The van der Waals surface area contributed by atoms with Gasteiger partial charge in [-0.15, -0.1) is 0 Å². The summed E-state index contributed by atoms with van der Waals surface area (Å²) < 4.78 is 4.72. The summed E-state index contributed by atoms with van der Waals surface area (Å²) in [4.78, 5) is 30.1. The van der Waals surface area contributed by atoms with E-state index in [2.05, 4.69) is 25.8 Å². The van der Waals surface area contributed by atoms with E-state index in [0.29, 0.717) is 13.0 Å². The molecule has 5 nitrogen and oxygen atoms in total. The highest BCUT2D eigenvalue weighted by Crippen LogP contribution is 2.42. The summed E-state index contributed by atoms with van der Waals surface area (Å²) in [6.07, 6.45) is 3.93. The van der Waals surface area contributed by atoms with Crippen molar-refractivity contribution < 1.29 is 14.3 Å². The molecular weight excluding hydrogens is 268 g/mol. The zero-order valence-corrected chi connectivity index (χ0v) is 13.0. The van der Waals surface area contributed by atoms with Gasteiger partial charge >= 0.3 is 5.97 Å². The average Bonchev–Trinajstić information content (AvgIpc) is 3.23. The van der Waals surface area contributed by atoms with Gasteiger partial charge in [0, 0.05) is 12.7 Å². The highest BCUT2D eigenvalue weighted by molar-refractivity contribution is 6.00. The van der Waals surface area contributed by atoms with Crippen LogP contribution in [0.15, 0.2) is 24.5 Å². The Kier molecular flexibility index (Phi) is 4.30. The molecule has 0 saturated heterocycles. The van der Waals surface area contributed by atoms with Gasteiger partial charge in [0.15, 0.2) is 0 Å². The molecule has 0 N–H and O–H groups in total. The minimum Gasteiger partial charge on any atom is -0.469 e. The summed E-state index contributed by atoms with van der Waals surface area (Å²) in [5.74, 6) is -0.870. The fraction of sp³-hybridized carbons (Fsp3) is 0.562. The lowest BCUT2D eigenvalue weighted by Gasteiger charge is -2.30. The monoisotopic (exact) mass is 290 g/mol. The van der Waals surface area contributed by atoms with E-state index in [9.17, 15) is 9.59 Å². The van der Waals surface area contributed by atoms with E-state index in [-0.39, 0.29) is 29.1 Å². The Balaban J connectivity index is 2.17. The number of carbonyl (C=O) groups excluding carboxylic acids is 2. The molecule has 1 aromatic rings. The number of hydrogen-bond acceptors (Lipinski definition) is 4. The first kappa shape index (κ1) is 15.5. The van der Waals surface area contributed by atoms with Crippen LogP contribution in [0, 0.1) is 17.3 Å². The van der Waals surface area contributed by atoms with Crippen LogP contribution in [-0.2, 0) is 14.3 Å². The van der Waals surface area contributed by atoms with Gasteiger partial charge in [0.25, 0.3) is 0 Å². The maximum atomic E-state index is 12.7. The first-order chi connectivity index (χ1) is 9.83. The van der Waals surface area contributed by atoms with Gasteiger partial charge in [-0.05, 0) is 24.0 Å². The summed E-state index contributed by atoms with van der Waals surface area (Å²) in [5.41, 5.74) is 0.731. The van der Waals surface area contributed by atoms with E-state index in [0.717, 1.165) is 5.69 Å². The zero-order valence-electron chi connectivity index (χ0n) is 13.0. The number of nitrogens with zero attached hydrogens (tertiary/aromatic N) is 2. The lowest BCUT2D eigenvalue weighted by atomic mass is 9.95. The molecule has 0 unspecified atom stereocenters. The Morgan fingerprint density at radius 2 is 2.10 bits per heavy atom. The van der Waals surface area contributed by atoms with Crippen LogP contribution in [0.25, 0.3) is 0 Å². The van der Waals surface area contributed by atoms with Gasteiger partial charge in [0.05, 0.1) is 30.8 Å². The molecule has 0 spiro atoms. The molecule has 0 bridgehead atoms. The Morgan fingerprint density at radius 1 is 1.38 bits per heavy atom. The third-order valence-corrected chi connectivity index (χ3v) is 3.47. The second-order valence-corrected chi connectivity index (χ2v) is 6.67. The minimum absolute atomic E-state index is 0.0201. The quantitative estimate of drug-likeness (QED) is 0.798. The van der Waals surface area contributed by atoms with Gasteiger partial charge in [-0.3, -0.25) is 14.6 Å². The molecule has 1 aliphatic carbocycles. The van der Waals surface area contributed by atoms with Gasteiger partial charge in [0.2, 0.25) is 5.91 Å². The van der Waals surface area contributed by atoms with E-state index < -0.39 is 0 Å². The smallest absolute Gasteiger partial charge is 0.309 e. The molecule has 1 amide bonds. The second-order valence-electron chi connectivity index (χ2n) is 6.67. The van der Waals surface area contributed by atoms with E-state index >= 15 is 0 Å². The Hall–Kier alpha value is -1.91. The fourth-order valence-corrected chi connectivity index (χ4v) is 2.36. The van der Waals surface area contributed by atoms with Crippen molar-refractivity contribution >= 4 is 17.6 Å². The van der Waals surface area contributed by atoms with Crippen molar-refractivity contribution in [3.8, 4) is 0 Å². The van der Waals surface area contributed by atoms with Crippen LogP contribution in [-0.4, -0.2) is 30.5 Å². The zero-order chi connectivity index (χ0) is 15.6. The van der Waals surface area contributed by atoms with Crippen LogP contribution in [0.3, 0.4) is 0 Å². The molecule has 5 heteroatoms. The second kappa shape index (κ2) is 5.84. The van der Waals surface area contributed by atoms with Crippen molar-refractivity contribution in [1.82, 2.24) is 4.98 Å². The summed E-state index contributed by atoms with van der Waals surface area (Å²) in [6, 6.07) is 3.68. The van der Waals surface area contributed by atoms with E-state index in [4.69, 9.17) is 4.74 Å². The number of carbonyl (C=O) groups is 2. The lowest BCUT2D eigenvalue weighted by Crippen LogP contribution is -2.39. The topological polar surface area (TPSA) is 59.5 Å². The van der Waals surface area contributed by atoms with E-state index in [1.54, 1.807) is 17.3 Å². The lowest BCUT2D eigenvalue weighted by molar-refractivity contribution is -0.143. The number of anilines is 1. The van der Waals surface area contributed by atoms with Crippen LogP contribution in [0.4, 0.5) is 5.69 Å². The first-order valence-corrected chi connectivity index (χ1v) is 7.13. The largest absolute Gasteiger partial charge is 0.469 e. The number of methoxy groups -OCH3 is 1. The number of pyridine rings is 1. The fourth-order valence-electron chi connectivity index (χ4n) is 2.36. The highest BCUT2D eigenvalue weighted by Gasteiger charge is 2.50. The molecule has 0 aromatic carbocycles. The molecule has 0 radical (unpaired) electrons. The molecule has 21 heavy (non-hydrogen) atoms. The number of rotatable bonds is 4. The van der Waals surface area contributed by atoms with Crippen LogP contribution in [0.5, 0.6) is 0 Å². The third-order valence-electron chi connectivity index (χ3n) is 3.47. The first-order valence-electron chi connectivity index (χ1n) is 7.13. The molecule has 1 aromatic heterocycles. The number of hydrogen-bond donors (Lipinski definition) is 0. The normalized spacial score (nSPS) is 20.8. The van der Waals surface area contributed by atoms with Gasteiger partial charge in [0.1, 0.15) is 0 Å². The van der Waals surface area contributed by atoms with Gasteiger partial charge in [-0.25, -0.2) is 0 Å². The minimum atomic E-state index is -0.296. The molecule has 1 heterocycles. The van der Waals surface area contributed by atoms with Crippen LogP contribution in [0.1, 0.15) is 27.2 Å². The van der Waals surface area contributed by atoms with Crippen molar-refractivity contribution in [1.29, 1.82) is 0 Å². The van der Waals surface area contributed by atoms with Crippen molar-refractivity contribution in [3.63, 3.8) is 0 Å². The maximum absolute atomic E-state index is 12.7. The number of amides is 1. The Labute approximate surface area is 125 Å². The number of ether oxygens (including phenoxy) is 1. The SMILES string of the molecule is COC(=O)[C@@H]1C[C@H]1C(=O)N(CC(C)(C)C)c1cccnc1. The molecule has 2 atom stereocenters. The molecular formula is C16H22N2O3. The molecule has 2 rings (SSSR count). The maximum Gasteiger partial charge on any atom is 0.309 e. The van der Waals surface area contributed by atoms with Crippen molar-refractivity contribution in [3.05, 3.63) is 24.5 Å². The average molecular weight is 290 g/mol. The van der Waals surface area contributed by atoms with Crippen molar-refractivity contribution in [2.75, 3.05) is 18.6 Å². The molecule has 114 valence electrons. The Bertz CT molecular complexity index is 522. The summed E-state index contributed by atoms with van der Waals surface area (Å²) in [7, 11) is 1.36. The molecule has 1 aliphatic rings. The highest BCUT2D eigenvalue weighted by atomic mass is 16.5. The van der Waals surface area contributed by atoms with Gasteiger partial charge in [-0.2, -0.15) is 0 Å². The number of esters is 1. The van der Waals surface area contributed by atoms with E-state index in [1.165, 1.54) is 7.11 Å². The predicted octanol–water partition coefficient (Wildman–Crippen LogP) is 2.27. The predicted molar refractivity (Wildman–Crippen MR) is 79.7 cm³/mol.